The van der Waals surface area contributed by atoms with E-state index in [0.29, 0.717) is 37.6 Å². The van der Waals surface area contributed by atoms with Crippen LogP contribution in [-0.4, -0.2) is 61.1 Å². The van der Waals surface area contributed by atoms with Crippen LogP contribution in [0.4, 0.5) is 0 Å². The predicted molar refractivity (Wildman–Crippen MR) is 101 cm³/mol. The Morgan fingerprint density at radius 1 is 1.04 bits per heavy atom. The minimum Gasteiger partial charge on any atom is -0.362 e. The van der Waals surface area contributed by atoms with Crippen LogP contribution >= 0.6 is 0 Å². The predicted octanol–water partition coefficient (Wildman–Crippen LogP) is 2.13. The van der Waals surface area contributed by atoms with Crippen LogP contribution in [0.2, 0.25) is 0 Å². The Hall–Kier alpha value is -1.96. The van der Waals surface area contributed by atoms with Crippen molar-refractivity contribution in [3.05, 3.63) is 52.8 Å². The summed E-state index contributed by atoms with van der Waals surface area (Å²) in [6.07, 6.45) is 0. The van der Waals surface area contributed by atoms with Gasteiger partial charge in [-0.1, -0.05) is 17.7 Å². The summed E-state index contributed by atoms with van der Waals surface area (Å²) in [5.41, 5.74) is 3.60. The van der Waals surface area contributed by atoms with Gasteiger partial charge in [0.05, 0.1) is 11.4 Å². The van der Waals surface area contributed by atoms with Crippen LogP contribution < -0.4 is 0 Å². The number of rotatable bonds is 5. The van der Waals surface area contributed by atoms with E-state index in [0.717, 1.165) is 22.5 Å². The number of nitrogens with one attached hydrogen (secondary N) is 1. The molecule has 2 aromatic rings. The van der Waals surface area contributed by atoms with Gasteiger partial charge in [0.2, 0.25) is 10.0 Å². The van der Waals surface area contributed by atoms with Gasteiger partial charge >= 0.3 is 0 Å². The fourth-order valence-corrected chi connectivity index (χ4v) is 4.71. The number of aromatic nitrogens is 1. The van der Waals surface area contributed by atoms with E-state index >= 15 is 0 Å². The summed E-state index contributed by atoms with van der Waals surface area (Å²) in [6, 6.07) is 8.79. The number of sulfonamides is 1. The summed E-state index contributed by atoms with van der Waals surface area (Å²) < 4.78 is 27.0. The summed E-state index contributed by atoms with van der Waals surface area (Å²) >= 11 is 0. The molecule has 1 saturated heterocycles. The second-order valence-corrected chi connectivity index (χ2v) is 8.85. The van der Waals surface area contributed by atoms with Crippen molar-refractivity contribution >= 4 is 15.8 Å². The molecule has 3 rings (SSSR count). The molecule has 1 aliphatic heterocycles. The van der Waals surface area contributed by atoms with E-state index in [1.54, 1.807) is 12.1 Å². The van der Waals surface area contributed by atoms with Gasteiger partial charge < -0.3 is 4.98 Å². The van der Waals surface area contributed by atoms with Gasteiger partial charge in [0, 0.05) is 43.1 Å². The number of hydrogen-bond acceptors (Lipinski definition) is 4. The number of aromatic amines is 1. The Morgan fingerprint density at radius 3 is 2.19 bits per heavy atom. The fourth-order valence-electron chi connectivity index (χ4n) is 3.29. The number of hydrogen-bond donors (Lipinski definition) is 1. The lowest BCUT2D eigenvalue weighted by molar-refractivity contribution is 0.0901. The zero-order valence-electron chi connectivity index (χ0n) is 15.4. The number of nitrogens with zero attached hydrogens (tertiary/aromatic N) is 2. The normalized spacial score (nSPS) is 16.7. The highest BCUT2D eigenvalue weighted by atomic mass is 32.2. The smallest absolute Gasteiger partial charge is 0.243 e. The Morgan fingerprint density at radius 2 is 1.65 bits per heavy atom. The molecule has 0 amide bonds. The number of H-pyrrole nitrogens is 1. The molecule has 0 saturated carbocycles. The number of piperazine rings is 1. The van der Waals surface area contributed by atoms with Crippen molar-refractivity contribution in [3.63, 3.8) is 0 Å². The van der Waals surface area contributed by atoms with Gasteiger partial charge in [-0.3, -0.25) is 9.69 Å². The van der Waals surface area contributed by atoms with Crippen LogP contribution in [0, 0.1) is 20.8 Å². The molecule has 1 aromatic heterocycles. The lowest BCUT2D eigenvalue weighted by Crippen LogP contribution is -2.49. The molecule has 26 heavy (non-hydrogen) atoms. The molecule has 2 heterocycles. The molecule has 0 unspecified atom stereocenters. The summed E-state index contributed by atoms with van der Waals surface area (Å²) in [7, 11) is -3.47. The molecule has 0 bridgehead atoms. The van der Waals surface area contributed by atoms with Gasteiger partial charge in [-0.15, -0.1) is 0 Å². The second-order valence-electron chi connectivity index (χ2n) is 6.91. The van der Waals surface area contributed by atoms with Gasteiger partial charge in [-0.25, -0.2) is 8.42 Å². The summed E-state index contributed by atoms with van der Waals surface area (Å²) in [4.78, 5) is 18.0. The lowest BCUT2D eigenvalue weighted by Gasteiger charge is -2.33. The highest BCUT2D eigenvalue weighted by molar-refractivity contribution is 7.89. The Bertz CT molecular complexity index is 893. The molecule has 1 fully saturated rings. The second kappa shape index (κ2) is 7.34. The summed E-state index contributed by atoms with van der Waals surface area (Å²) in [6.45, 7) is 7.98. The summed E-state index contributed by atoms with van der Waals surface area (Å²) in [5, 5.41) is 0. The molecular weight excluding hydrogens is 350 g/mol. The first-order valence-corrected chi connectivity index (χ1v) is 10.2. The van der Waals surface area contributed by atoms with Gasteiger partial charge in [0.15, 0.2) is 5.78 Å². The lowest BCUT2D eigenvalue weighted by atomic mass is 10.1. The Balaban J connectivity index is 1.61. The van der Waals surface area contributed by atoms with Crippen LogP contribution in [-0.2, 0) is 10.0 Å². The molecule has 0 spiro atoms. The number of ketones is 1. The van der Waals surface area contributed by atoms with Crippen molar-refractivity contribution in [2.45, 2.75) is 25.7 Å². The van der Waals surface area contributed by atoms with Gasteiger partial charge in [0.25, 0.3) is 0 Å². The number of carbonyl (C=O) groups is 1. The average Bonchev–Trinajstić information content (AvgIpc) is 2.94. The van der Waals surface area contributed by atoms with E-state index in [1.807, 2.05) is 43.9 Å². The maximum atomic E-state index is 12.7. The van der Waals surface area contributed by atoms with Crippen molar-refractivity contribution in [1.29, 1.82) is 0 Å². The Labute approximate surface area is 154 Å². The minimum atomic E-state index is -3.47. The number of aryl methyl sites for hydroxylation is 3. The van der Waals surface area contributed by atoms with Crippen LogP contribution in [0.3, 0.4) is 0 Å². The first-order valence-electron chi connectivity index (χ1n) is 8.76. The van der Waals surface area contributed by atoms with E-state index in [9.17, 15) is 13.2 Å². The minimum absolute atomic E-state index is 0.0710. The molecule has 0 radical (unpaired) electrons. The topological polar surface area (TPSA) is 73.5 Å². The van der Waals surface area contributed by atoms with Crippen LogP contribution in [0.25, 0.3) is 0 Å². The van der Waals surface area contributed by atoms with E-state index < -0.39 is 10.0 Å². The van der Waals surface area contributed by atoms with Gasteiger partial charge in [-0.2, -0.15) is 4.31 Å². The molecule has 0 atom stereocenters. The standard InChI is InChI=1S/C19H25N3O3S/c1-14-4-6-17(7-5-14)26(24,25)22-10-8-21(9-11-22)13-19(23)18-12-15(2)20-16(18)3/h4-7,12,20H,8-11,13H2,1-3H3. The largest absolute Gasteiger partial charge is 0.362 e. The average molecular weight is 375 g/mol. The highest BCUT2D eigenvalue weighted by Gasteiger charge is 2.29. The zero-order valence-corrected chi connectivity index (χ0v) is 16.3. The van der Waals surface area contributed by atoms with E-state index in [4.69, 9.17) is 0 Å². The number of benzene rings is 1. The third-order valence-electron chi connectivity index (χ3n) is 4.81. The monoisotopic (exact) mass is 375 g/mol. The van der Waals surface area contributed by atoms with E-state index in [1.165, 1.54) is 4.31 Å². The molecule has 1 N–H and O–H groups in total. The molecular formula is C19H25N3O3S. The third kappa shape index (κ3) is 3.90. The quantitative estimate of drug-likeness (QED) is 0.813. The summed E-state index contributed by atoms with van der Waals surface area (Å²) in [5.74, 6) is 0.0710. The maximum absolute atomic E-state index is 12.7. The van der Waals surface area contributed by atoms with Crippen LogP contribution in [0.15, 0.2) is 35.2 Å². The molecule has 1 aromatic carbocycles. The van der Waals surface area contributed by atoms with E-state index in [-0.39, 0.29) is 5.78 Å². The molecule has 0 aliphatic carbocycles. The third-order valence-corrected chi connectivity index (χ3v) is 6.72. The highest BCUT2D eigenvalue weighted by Crippen LogP contribution is 2.19. The van der Waals surface area contributed by atoms with Crippen molar-refractivity contribution in [1.82, 2.24) is 14.2 Å². The van der Waals surface area contributed by atoms with E-state index in [2.05, 4.69) is 4.98 Å². The van der Waals surface area contributed by atoms with Crippen molar-refractivity contribution in [3.8, 4) is 0 Å². The molecule has 7 heteroatoms. The van der Waals surface area contributed by atoms with Gasteiger partial charge in [-0.05, 0) is 39.0 Å². The van der Waals surface area contributed by atoms with Crippen molar-refractivity contribution < 1.29 is 13.2 Å². The van der Waals surface area contributed by atoms with Crippen molar-refractivity contribution in [2.75, 3.05) is 32.7 Å². The van der Waals surface area contributed by atoms with Crippen LogP contribution in [0.1, 0.15) is 27.3 Å². The Kier molecular flexibility index (Phi) is 5.32. The number of Topliss-reactive ketones (excluding diaryl/α,β-unsaturated/α-hetero) is 1. The molecule has 140 valence electrons. The van der Waals surface area contributed by atoms with Gasteiger partial charge in [0.1, 0.15) is 0 Å². The molecule has 1 aliphatic rings. The van der Waals surface area contributed by atoms with Crippen molar-refractivity contribution in [2.24, 2.45) is 0 Å². The maximum Gasteiger partial charge on any atom is 0.243 e. The first kappa shape index (κ1) is 18.8. The van der Waals surface area contributed by atoms with Crippen LogP contribution in [0.5, 0.6) is 0 Å². The fraction of sp³-hybridized carbons (Fsp3) is 0.421. The first-order chi connectivity index (χ1) is 12.3. The molecule has 6 nitrogen and oxygen atoms in total. The SMILES string of the molecule is Cc1ccc(S(=O)(=O)N2CCN(CC(=O)c3cc(C)[nH]c3C)CC2)cc1. The zero-order chi connectivity index (χ0) is 18.9. The number of carbonyl (C=O) groups excluding carboxylic acids is 1.